The number of nitrogens with zero attached hydrogens (tertiary/aromatic N) is 1. The van der Waals surface area contributed by atoms with Gasteiger partial charge in [0.2, 0.25) is 17.7 Å². The summed E-state index contributed by atoms with van der Waals surface area (Å²) in [7, 11) is 0. The summed E-state index contributed by atoms with van der Waals surface area (Å²) in [5, 5.41) is 7.91. The molecule has 0 saturated carbocycles. The average molecular weight is 438 g/mol. The van der Waals surface area contributed by atoms with Crippen molar-refractivity contribution in [2.45, 2.75) is 44.9 Å². The smallest absolute Gasteiger partial charge is 0.237 e. The highest BCUT2D eigenvalue weighted by atomic mass is 32.1. The van der Waals surface area contributed by atoms with Crippen molar-refractivity contribution in [3.63, 3.8) is 0 Å². The van der Waals surface area contributed by atoms with Crippen LogP contribution in [0.3, 0.4) is 0 Å². The molecule has 1 saturated heterocycles. The van der Waals surface area contributed by atoms with Crippen LogP contribution < -0.4 is 10.6 Å². The van der Waals surface area contributed by atoms with Crippen LogP contribution in [0.2, 0.25) is 0 Å². The number of furan rings is 1. The largest absolute Gasteiger partial charge is 0.459 e. The van der Waals surface area contributed by atoms with Gasteiger partial charge in [0.25, 0.3) is 0 Å². The highest BCUT2D eigenvalue weighted by Gasteiger charge is 2.42. The second kappa shape index (κ2) is 8.47. The highest BCUT2D eigenvalue weighted by molar-refractivity contribution is 7.13. The molecule has 1 atom stereocenters. The van der Waals surface area contributed by atoms with Crippen molar-refractivity contribution in [2.75, 3.05) is 5.32 Å². The minimum absolute atomic E-state index is 0.154. The summed E-state index contributed by atoms with van der Waals surface area (Å²) in [6.07, 6.45) is 1.56. The molecule has 160 valence electrons. The van der Waals surface area contributed by atoms with Crippen molar-refractivity contribution in [1.29, 1.82) is 0 Å². The standard InChI is InChI=1S/C23H23N3O4S/c1-3-23(11-10-19(27)26-22(23)29)15-5-7-16(8-6-15)24-20(28)12-17-13-31-21(25-17)18-9-4-14(2)30-18/h4-9,13H,3,10-12H2,1-2H3,(H,24,28)(H,26,27,29). The lowest BCUT2D eigenvalue weighted by Gasteiger charge is -2.35. The average Bonchev–Trinajstić information content (AvgIpc) is 3.38. The van der Waals surface area contributed by atoms with Crippen LogP contribution in [0.1, 0.15) is 43.2 Å². The Kier molecular flexibility index (Phi) is 5.73. The van der Waals surface area contributed by atoms with Gasteiger partial charge in [-0.1, -0.05) is 19.1 Å². The molecule has 1 aliphatic rings. The van der Waals surface area contributed by atoms with E-state index >= 15 is 0 Å². The summed E-state index contributed by atoms with van der Waals surface area (Å²) < 4.78 is 5.58. The third-order valence-corrected chi connectivity index (χ3v) is 6.54. The lowest BCUT2D eigenvalue weighted by Crippen LogP contribution is -2.51. The molecule has 1 aliphatic heterocycles. The first kappa shape index (κ1) is 21.0. The molecule has 7 nitrogen and oxygen atoms in total. The van der Waals surface area contributed by atoms with Gasteiger partial charge in [-0.15, -0.1) is 11.3 Å². The molecular weight excluding hydrogens is 414 g/mol. The molecule has 2 N–H and O–H groups in total. The van der Waals surface area contributed by atoms with Crippen molar-refractivity contribution in [1.82, 2.24) is 10.3 Å². The maximum atomic E-state index is 12.5. The summed E-state index contributed by atoms with van der Waals surface area (Å²) >= 11 is 1.44. The molecule has 1 unspecified atom stereocenters. The Morgan fingerprint density at radius 3 is 2.65 bits per heavy atom. The number of nitrogens with one attached hydrogen (secondary N) is 2. The number of imide groups is 1. The second-order valence-corrected chi connectivity index (χ2v) is 8.53. The molecular formula is C23H23N3O4S. The topological polar surface area (TPSA) is 101 Å². The van der Waals surface area contributed by atoms with Crippen LogP contribution in [0.5, 0.6) is 0 Å². The van der Waals surface area contributed by atoms with Crippen LogP contribution in [0, 0.1) is 6.92 Å². The number of thiazole rings is 1. The van der Waals surface area contributed by atoms with Crippen LogP contribution in [0.15, 0.2) is 46.2 Å². The zero-order valence-electron chi connectivity index (χ0n) is 17.4. The van der Waals surface area contributed by atoms with Crippen LogP contribution in [0.4, 0.5) is 5.69 Å². The zero-order valence-corrected chi connectivity index (χ0v) is 18.2. The lowest BCUT2D eigenvalue weighted by atomic mass is 9.72. The van der Waals surface area contributed by atoms with Gasteiger partial charge in [-0.25, -0.2) is 4.98 Å². The SMILES string of the molecule is CCC1(c2ccc(NC(=O)Cc3csc(-c4ccc(C)o4)n3)cc2)CCC(=O)NC1=O. The molecule has 3 amide bonds. The fourth-order valence-electron chi connectivity index (χ4n) is 3.86. The zero-order chi connectivity index (χ0) is 22.0. The van der Waals surface area contributed by atoms with E-state index < -0.39 is 5.41 Å². The Balaban J connectivity index is 1.41. The van der Waals surface area contributed by atoms with E-state index in [-0.39, 0.29) is 24.1 Å². The van der Waals surface area contributed by atoms with Gasteiger partial charge in [0, 0.05) is 17.5 Å². The van der Waals surface area contributed by atoms with Crippen molar-refractivity contribution >= 4 is 34.7 Å². The van der Waals surface area contributed by atoms with E-state index in [1.54, 1.807) is 12.1 Å². The second-order valence-electron chi connectivity index (χ2n) is 7.67. The van der Waals surface area contributed by atoms with Crippen molar-refractivity contribution in [2.24, 2.45) is 0 Å². The molecule has 31 heavy (non-hydrogen) atoms. The van der Waals surface area contributed by atoms with E-state index in [1.807, 2.05) is 43.5 Å². The van der Waals surface area contributed by atoms with Gasteiger partial charge in [0.1, 0.15) is 5.76 Å². The molecule has 1 aromatic carbocycles. The van der Waals surface area contributed by atoms with E-state index in [2.05, 4.69) is 15.6 Å². The van der Waals surface area contributed by atoms with Crippen molar-refractivity contribution in [3.8, 4) is 10.8 Å². The molecule has 0 spiro atoms. The first-order valence-corrected chi connectivity index (χ1v) is 11.0. The number of aromatic nitrogens is 1. The Morgan fingerprint density at radius 2 is 2.00 bits per heavy atom. The first-order valence-electron chi connectivity index (χ1n) is 10.2. The molecule has 2 aromatic heterocycles. The molecule has 0 radical (unpaired) electrons. The predicted octanol–water partition coefficient (Wildman–Crippen LogP) is 3.98. The van der Waals surface area contributed by atoms with Gasteiger partial charge in [-0.05, 0) is 49.6 Å². The molecule has 8 heteroatoms. The summed E-state index contributed by atoms with van der Waals surface area (Å²) in [6, 6.07) is 11.0. The van der Waals surface area contributed by atoms with Gasteiger partial charge >= 0.3 is 0 Å². The normalized spacial score (nSPS) is 18.6. The monoisotopic (exact) mass is 437 g/mol. The van der Waals surface area contributed by atoms with Crippen LogP contribution in [0.25, 0.3) is 10.8 Å². The molecule has 3 heterocycles. The molecule has 0 aliphatic carbocycles. The number of anilines is 1. The number of rotatable bonds is 6. The number of carbonyl (C=O) groups excluding carboxylic acids is 3. The quantitative estimate of drug-likeness (QED) is 0.568. The third-order valence-electron chi connectivity index (χ3n) is 5.64. The predicted molar refractivity (Wildman–Crippen MR) is 118 cm³/mol. The Morgan fingerprint density at radius 1 is 1.23 bits per heavy atom. The number of amides is 3. The third kappa shape index (κ3) is 4.29. The van der Waals surface area contributed by atoms with Gasteiger partial charge in [-0.3, -0.25) is 19.7 Å². The lowest BCUT2D eigenvalue weighted by molar-refractivity contribution is -0.138. The van der Waals surface area contributed by atoms with E-state index in [4.69, 9.17) is 4.42 Å². The van der Waals surface area contributed by atoms with Gasteiger partial charge in [0.15, 0.2) is 10.8 Å². The Labute approximate surface area is 183 Å². The minimum Gasteiger partial charge on any atom is -0.459 e. The summed E-state index contributed by atoms with van der Waals surface area (Å²) in [6.45, 7) is 3.82. The van der Waals surface area contributed by atoms with Crippen LogP contribution in [-0.2, 0) is 26.2 Å². The van der Waals surface area contributed by atoms with E-state index in [9.17, 15) is 14.4 Å². The number of benzene rings is 1. The number of aryl methyl sites for hydroxylation is 1. The number of hydrogen-bond acceptors (Lipinski definition) is 6. The number of piperidine rings is 1. The van der Waals surface area contributed by atoms with Gasteiger partial charge in [-0.2, -0.15) is 0 Å². The van der Waals surface area contributed by atoms with E-state index in [0.29, 0.717) is 36.4 Å². The Bertz CT molecular complexity index is 1130. The van der Waals surface area contributed by atoms with E-state index in [0.717, 1.165) is 16.3 Å². The summed E-state index contributed by atoms with van der Waals surface area (Å²) in [4.78, 5) is 41.0. The minimum atomic E-state index is -0.711. The Hall–Kier alpha value is -3.26. The van der Waals surface area contributed by atoms with Crippen molar-refractivity contribution < 1.29 is 18.8 Å². The highest BCUT2D eigenvalue weighted by Crippen LogP contribution is 2.36. The maximum Gasteiger partial charge on any atom is 0.237 e. The maximum absolute atomic E-state index is 12.5. The number of hydrogen-bond donors (Lipinski definition) is 2. The molecule has 4 rings (SSSR count). The fourth-order valence-corrected chi connectivity index (χ4v) is 4.64. The summed E-state index contributed by atoms with van der Waals surface area (Å²) in [5.74, 6) is 0.851. The number of carbonyl (C=O) groups is 3. The van der Waals surface area contributed by atoms with Gasteiger partial charge in [0.05, 0.1) is 17.5 Å². The first-order chi connectivity index (χ1) is 14.9. The summed E-state index contributed by atoms with van der Waals surface area (Å²) in [5.41, 5.74) is 1.45. The van der Waals surface area contributed by atoms with Gasteiger partial charge < -0.3 is 9.73 Å². The van der Waals surface area contributed by atoms with Crippen molar-refractivity contribution in [3.05, 3.63) is 58.8 Å². The molecule has 1 fully saturated rings. The van der Waals surface area contributed by atoms with Crippen LogP contribution in [-0.4, -0.2) is 22.7 Å². The molecule has 3 aromatic rings. The molecule has 0 bridgehead atoms. The fraction of sp³-hybridized carbons (Fsp3) is 0.304. The van der Waals surface area contributed by atoms with Crippen LogP contribution >= 0.6 is 11.3 Å². The van der Waals surface area contributed by atoms with E-state index in [1.165, 1.54) is 11.3 Å².